The fraction of sp³-hybridized carbons (Fsp3) is 0.400. The van der Waals surface area contributed by atoms with E-state index in [1.807, 2.05) is 25.1 Å². The molecule has 4 nitrogen and oxygen atoms in total. The van der Waals surface area contributed by atoms with Gasteiger partial charge in [-0.05, 0) is 79.8 Å². The molecule has 1 aliphatic carbocycles. The summed E-state index contributed by atoms with van der Waals surface area (Å²) >= 11 is 0. The van der Waals surface area contributed by atoms with Gasteiger partial charge in [0.15, 0.2) is 0 Å². The topological polar surface area (TPSA) is 58.6 Å². The molecule has 0 saturated heterocycles. The largest absolute Gasteiger partial charge is 0.509 e. The Balaban J connectivity index is 1.85. The number of benzene rings is 2. The first-order valence-corrected chi connectivity index (χ1v) is 10.3. The van der Waals surface area contributed by atoms with Gasteiger partial charge in [-0.1, -0.05) is 36.4 Å². The van der Waals surface area contributed by atoms with Crippen LogP contribution >= 0.6 is 0 Å². The van der Waals surface area contributed by atoms with Gasteiger partial charge in [-0.25, -0.2) is 0 Å². The molecule has 0 atom stereocenters. The number of ether oxygens (including phenoxy) is 1. The number of rotatable bonds is 3. The Labute approximate surface area is 172 Å². The Morgan fingerprint density at radius 1 is 1.03 bits per heavy atom. The number of aryl methyl sites for hydroxylation is 2. The van der Waals surface area contributed by atoms with Gasteiger partial charge in [0.1, 0.15) is 5.76 Å². The number of hydrogen-bond donors (Lipinski definition) is 2. The number of hydrogen-bond acceptors (Lipinski definition) is 3. The molecule has 2 aromatic rings. The molecule has 152 valence electrons. The molecule has 2 N–H and O–H groups in total. The van der Waals surface area contributed by atoms with Crippen molar-refractivity contribution >= 4 is 11.5 Å². The zero-order valence-corrected chi connectivity index (χ0v) is 17.6. The van der Waals surface area contributed by atoms with Crippen LogP contribution in [0.1, 0.15) is 47.9 Å². The number of aliphatic hydroxyl groups is 1. The molecule has 1 saturated carbocycles. The van der Waals surface area contributed by atoms with Gasteiger partial charge < -0.3 is 15.2 Å². The van der Waals surface area contributed by atoms with E-state index in [1.165, 1.54) is 5.56 Å². The van der Waals surface area contributed by atoms with E-state index in [-0.39, 0.29) is 17.8 Å². The zero-order valence-electron chi connectivity index (χ0n) is 17.6. The molecule has 4 heteroatoms. The smallest absolute Gasteiger partial charge is 0.256 e. The first-order valence-electron chi connectivity index (χ1n) is 10.3. The number of methoxy groups -OCH3 is 1. The van der Waals surface area contributed by atoms with Crippen molar-refractivity contribution in [1.82, 2.24) is 5.32 Å². The lowest BCUT2D eigenvalue weighted by atomic mass is 9.78. The molecule has 4 rings (SSSR count). The predicted octanol–water partition coefficient (Wildman–Crippen LogP) is 5.01. The van der Waals surface area contributed by atoms with Crippen LogP contribution in [0, 0.1) is 20.8 Å². The Bertz CT molecular complexity index is 983. The summed E-state index contributed by atoms with van der Waals surface area (Å²) in [6.07, 6.45) is 3.25. The lowest BCUT2D eigenvalue weighted by molar-refractivity contribution is -0.116. The molecular formula is C25H29NO3. The molecule has 29 heavy (non-hydrogen) atoms. The number of aliphatic hydroxyl groups excluding tert-OH is 1. The summed E-state index contributed by atoms with van der Waals surface area (Å²) < 4.78 is 5.47. The van der Waals surface area contributed by atoms with E-state index in [0.717, 1.165) is 40.7 Å². The van der Waals surface area contributed by atoms with Crippen LogP contribution in [0.25, 0.3) is 16.7 Å². The van der Waals surface area contributed by atoms with Crippen molar-refractivity contribution in [3.8, 4) is 11.1 Å². The van der Waals surface area contributed by atoms with Crippen molar-refractivity contribution in [3.05, 3.63) is 64.4 Å². The average Bonchev–Trinajstić information content (AvgIpc) is 2.93. The molecule has 0 bridgehead atoms. The first-order chi connectivity index (χ1) is 13.9. The van der Waals surface area contributed by atoms with E-state index in [4.69, 9.17) is 4.74 Å². The van der Waals surface area contributed by atoms with Crippen molar-refractivity contribution in [1.29, 1.82) is 0 Å². The minimum atomic E-state index is -0.655. The van der Waals surface area contributed by atoms with Crippen LogP contribution in [0.15, 0.2) is 42.2 Å². The highest BCUT2D eigenvalue weighted by atomic mass is 16.5. The molecule has 1 amide bonds. The number of carbonyl (C=O) groups excluding carboxylic acids is 1. The monoisotopic (exact) mass is 391 g/mol. The summed E-state index contributed by atoms with van der Waals surface area (Å²) in [5.41, 5.74) is 6.11. The normalized spacial score (nSPS) is 24.3. The summed E-state index contributed by atoms with van der Waals surface area (Å²) in [6.45, 7) is 6.17. The van der Waals surface area contributed by atoms with E-state index in [0.29, 0.717) is 18.4 Å². The third-order valence-electron chi connectivity index (χ3n) is 6.67. The summed E-state index contributed by atoms with van der Waals surface area (Å²) in [6, 6.07) is 12.3. The molecule has 1 fully saturated rings. The number of nitrogens with one attached hydrogen (secondary N) is 1. The van der Waals surface area contributed by atoms with Crippen LogP contribution in [0.5, 0.6) is 0 Å². The third kappa shape index (κ3) is 3.16. The van der Waals surface area contributed by atoms with Crippen LogP contribution < -0.4 is 5.32 Å². The minimum absolute atomic E-state index is 0.174. The van der Waals surface area contributed by atoms with Gasteiger partial charge in [-0.3, -0.25) is 4.79 Å². The lowest BCUT2D eigenvalue weighted by Gasteiger charge is -2.36. The van der Waals surface area contributed by atoms with Gasteiger partial charge in [0.2, 0.25) is 0 Å². The molecule has 2 aliphatic rings. The highest BCUT2D eigenvalue weighted by Gasteiger charge is 2.48. The molecule has 1 heterocycles. The summed E-state index contributed by atoms with van der Waals surface area (Å²) in [7, 11) is 1.72. The van der Waals surface area contributed by atoms with E-state index in [9.17, 15) is 9.90 Å². The van der Waals surface area contributed by atoms with Crippen LogP contribution in [0.3, 0.4) is 0 Å². The molecule has 0 unspecified atom stereocenters. The SMILES string of the molecule is COC1CCC2(CC1)NC(=O)C(c1c(C)cc(C)c(-c3ccccc3)c1C)=C2O. The zero-order chi connectivity index (χ0) is 20.8. The molecular weight excluding hydrogens is 362 g/mol. The number of carbonyl (C=O) groups is 1. The van der Waals surface area contributed by atoms with Gasteiger partial charge in [-0.2, -0.15) is 0 Å². The summed E-state index contributed by atoms with van der Waals surface area (Å²) in [5.74, 6) is 0.0264. The molecule has 0 aromatic heterocycles. The second-order valence-electron chi connectivity index (χ2n) is 8.45. The minimum Gasteiger partial charge on any atom is -0.509 e. The quantitative estimate of drug-likeness (QED) is 0.774. The first kappa shape index (κ1) is 19.7. The van der Waals surface area contributed by atoms with Crippen LogP contribution in [0.4, 0.5) is 0 Å². The van der Waals surface area contributed by atoms with E-state index in [1.54, 1.807) is 7.11 Å². The second kappa shape index (κ2) is 7.34. The van der Waals surface area contributed by atoms with E-state index >= 15 is 0 Å². The predicted molar refractivity (Wildman–Crippen MR) is 116 cm³/mol. The highest BCUT2D eigenvalue weighted by Crippen LogP contribution is 2.44. The maximum Gasteiger partial charge on any atom is 0.256 e. The van der Waals surface area contributed by atoms with Gasteiger partial charge in [0.25, 0.3) is 5.91 Å². The van der Waals surface area contributed by atoms with Crippen molar-refractivity contribution in [2.24, 2.45) is 0 Å². The lowest BCUT2D eigenvalue weighted by Crippen LogP contribution is -2.48. The second-order valence-corrected chi connectivity index (χ2v) is 8.45. The maximum absolute atomic E-state index is 13.1. The Hall–Kier alpha value is -2.59. The van der Waals surface area contributed by atoms with Gasteiger partial charge >= 0.3 is 0 Å². The number of amides is 1. The maximum atomic E-state index is 13.1. The van der Waals surface area contributed by atoms with Crippen molar-refractivity contribution in [2.75, 3.05) is 7.11 Å². The van der Waals surface area contributed by atoms with Crippen LogP contribution in [-0.2, 0) is 9.53 Å². The van der Waals surface area contributed by atoms with Crippen LogP contribution in [0.2, 0.25) is 0 Å². The average molecular weight is 392 g/mol. The van der Waals surface area contributed by atoms with Crippen molar-refractivity contribution in [2.45, 2.75) is 58.1 Å². The fourth-order valence-electron chi connectivity index (χ4n) is 5.22. The van der Waals surface area contributed by atoms with Crippen LogP contribution in [-0.4, -0.2) is 29.8 Å². The molecule has 0 radical (unpaired) electrons. The Kier molecular flexibility index (Phi) is 4.99. The highest BCUT2D eigenvalue weighted by molar-refractivity contribution is 6.24. The van der Waals surface area contributed by atoms with Crippen molar-refractivity contribution < 1.29 is 14.6 Å². The van der Waals surface area contributed by atoms with Gasteiger partial charge in [0, 0.05) is 7.11 Å². The fourth-order valence-corrected chi connectivity index (χ4v) is 5.22. The van der Waals surface area contributed by atoms with E-state index < -0.39 is 5.54 Å². The van der Waals surface area contributed by atoms with Crippen molar-refractivity contribution in [3.63, 3.8) is 0 Å². The Morgan fingerprint density at radius 2 is 1.66 bits per heavy atom. The molecule has 2 aromatic carbocycles. The standard InChI is InChI=1S/C25H29NO3/c1-15-14-16(2)21(17(3)20(15)18-8-6-5-7-9-18)22-23(27)25(26-24(22)28)12-10-19(29-4)11-13-25/h5-9,14,19,27H,10-13H2,1-4H3,(H,26,28). The Morgan fingerprint density at radius 3 is 2.28 bits per heavy atom. The summed E-state index contributed by atoms with van der Waals surface area (Å²) in [5, 5.41) is 14.4. The summed E-state index contributed by atoms with van der Waals surface area (Å²) in [4.78, 5) is 13.1. The van der Waals surface area contributed by atoms with Gasteiger partial charge in [-0.15, -0.1) is 0 Å². The van der Waals surface area contributed by atoms with E-state index in [2.05, 4.69) is 37.4 Å². The molecule has 1 aliphatic heterocycles. The molecule has 1 spiro atoms. The third-order valence-corrected chi connectivity index (χ3v) is 6.67. The van der Waals surface area contributed by atoms with Gasteiger partial charge in [0.05, 0.1) is 17.2 Å².